The number of nitro groups is 1. The molecule has 2 rings (SSSR count). The van der Waals surface area contributed by atoms with Gasteiger partial charge in [0.2, 0.25) is 0 Å². The van der Waals surface area contributed by atoms with Gasteiger partial charge < -0.3 is 5.11 Å². The number of nitrogens with zero attached hydrogens (tertiary/aromatic N) is 3. The molecule has 0 saturated carbocycles. The van der Waals surface area contributed by atoms with Crippen LogP contribution in [0.3, 0.4) is 0 Å². The SMILES string of the molecule is N#Cc1ccccc1CSCCN=Cc1cc(Cl)cc([N+](=O)[O-])c1[O-]. The number of nitro benzene ring substituents is 1. The normalized spacial score (nSPS) is 10.7. The minimum absolute atomic E-state index is 0.0963. The molecule has 0 spiro atoms. The van der Waals surface area contributed by atoms with E-state index in [1.54, 1.807) is 17.8 Å². The van der Waals surface area contributed by atoms with Crippen LogP contribution in [0.15, 0.2) is 41.4 Å². The van der Waals surface area contributed by atoms with E-state index in [1.165, 1.54) is 12.3 Å². The summed E-state index contributed by atoms with van der Waals surface area (Å²) in [5, 5.41) is 31.9. The zero-order chi connectivity index (χ0) is 18.2. The van der Waals surface area contributed by atoms with E-state index in [1.807, 2.05) is 18.2 Å². The van der Waals surface area contributed by atoms with Gasteiger partial charge >= 0.3 is 0 Å². The largest absolute Gasteiger partial charge is 0.867 e. The molecule has 0 fully saturated rings. The molecule has 25 heavy (non-hydrogen) atoms. The molecule has 8 heteroatoms. The van der Waals surface area contributed by atoms with Gasteiger partial charge in [-0.1, -0.05) is 29.8 Å². The van der Waals surface area contributed by atoms with Crippen LogP contribution in [0, 0.1) is 21.4 Å². The van der Waals surface area contributed by atoms with Crippen LogP contribution in [0.4, 0.5) is 5.69 Å². The van der Waals surface area contributed by atoms with Gasteiger partial charge in [-0.05, 0) is 29.0 Å². The van der Waals surface area contributed by atoms with Gasteiger partial charge in [-0.2, -0.15) is 17.0 Å². The molecule has 0 bridgehead atoms. The molecule has 2 aromatic carbocycles. The van der Waals surface area contributed by atoms with Gasteiger partial charge in [-0.15, -0.1) is 0 Å². The highest BCUT2D eigenvalue weighted by molar-refractivity contribution is 7.98. The Morgan fingerprint density at radius 2 is 2.12 bits per heavy atom. The molecule has 0 aliphatic heterocycles. The predicted molar refractivity (Wildman–Crippen MR) is 97.3 cm³/mol. The second-order valence-electron chi connectivity index (χ2n) is 4.96. The summed E-state index contributed by atoms with van der Waals surface area (Å²) in [6.07, 6.45) is 1.31. The second kappa shape index (κ2) is 9.06. The number of hydrogen-bond donors (Lipinski definition) is 0. The number of benzene rings is 2. The van der Waals surface area contributed by atoms with E-state index in [0.717, 1.165) is 11.6 Å². The summed E-state index contributed by atoms with van der Waals surface area (Å²) in [5.74, 6) is 0.677. The number of thioether (sulfide) groups is 1. The first-order valence-electron chi connectivity index (χ1n) is 7.23. The van der Waals surface area contributed by atoms with Crippen molar-refractivity contribution in [3.8, 4) is 11.8 Å². The Bertz CT molecular complexity index is 850. The zero-order valence-corrected chi connectivity index (χ0v) is 14.6. The number of halogens is 1. The molecule has 0 atom stereocenters. The minimum atomic E-state index is -0.756. The molecule has 128 valence electrons. The lowest BCUT2D eigenvalue weighted by Crippen LogP contribution is -2.02. The summed E-state index contributed by atoms with van der Waals surface area (Å²) in [6.45, 7) is 0.444. The van der Waals surface area contributed by atoms with E-state index in [2.05, 4.69) is 11.1 Å². The highest BCUT2D eigenvalue weighted by atomic mass is 35.5. The first-order valence-corrected chi connectivity index (χ1v) is 8.76. The van der Waals surface area contributed by atoms with Crippen LogP contribution < -0.4 is 5.11 Å². The lowest BCUT2D eigenvalue weighted by molar-refractivity contribution is -0.398. The average Bonchev–Trinajstić information content (AvgIpc) is 2.60. The molecule has 0 aromatic heterocycles. The lowest BCUT2D eigenvalue weighted by Gasteiger charge is -2.10. The second-order valence-corrected chi connectivity index (χ2v) is 6.50. The molecule has 0 aliphatic rings. The van der Waals surface area contributed by atoms with Gasteiger partial charge in [0.05, 0.1) is 16.6 Å². The van der Waals surface area contributed by atoms with E-state index in [0.29, 0.717) is 23.6 Å². The van der Waals surface area contributed by atoms with E-state index in [-0.39, 0.29) is 10.6 Å². The fraction of sp³-hybridized carbons (Fsp3) is 0.176. The molecule has 0 N–H and O–H groups in total. The quantitative estimate of drug-likeness (QED) is 0.319. The van der Waals surface area contributed by atoms with Gasteiger partial charge in [-0.25, -0.2) is 0 Å². The van der Waals surface area contributed by atoms with E-state index in [9.17, 15) is 15.2 Å². The number of nitriles is 1. The van der Waals surface area contributed by atoms with Crippen molar-refractivity contribution in [1.29, 1.82) is 5.26 Å². The van der Waals surface area contributed by atoms with Crippen molar-refractivity contribution in [2.75, 3.05) is 12.3 Å². The molecular weight excluding hydrogens is 362 g/mol. The van der Waals surface area contributed by atoms with Crippen LogP contribution in [0.2, 0.25) is 5.02 Å². The van der Waals surface area contributed by atoms with E-state index < -0.39 is 16.4 Å². The highest BCUT2D eigenvalue weighted by Gasteiger charge is 2.11. The molecule has 6 nitrogen and oxygen atoms in total. The summed E-state index contributed by atoms with van der Waals surface area (Å²) in [7, 11) is 0. The molecular formula is C17H13ClN3O3S-. The topological polar surface area (TPSA) is 102 Å². The molecule has 0 saturated heterocycles. The fourth-order valence-electron chi connectivity index (χ4n) is 2.05. The highest BCUT2D eigenvalue weighted by Crippen LogP contribution is 2.30. The molecule has 0 aliphatic carbocycles. The lowest BCUT2D eigenvalue weighted by atomic mass is 10.1. The zero-order valence-electron chi connectivity index (χ0n) is 13.0. The summed E-state index contributed by atoms with van der Waals surface area (Å²) in [5.41, 5.74) is 1.16. The molecule has 2 aromatic rings. The monoisotopic (exact) mass is 374 g/mol. The number of aliphatic imine (C=N–C) groups is 1. The van der Waals surface area contributed by atoms with E-state index in [4.69, 9.17) is 16.9 Å². The van der Waals surface area contributed by atoms with Crippen LogP contribution >= 0.6 is 23.4 Å². The van der Waals surface area contributed by atoms with Crippen molar-refractivity contribution >= 4 is 35.3 Å². The van der Waals surface area contributed by atoms with Crippen molar-refractivity contribution < 1.29 is 10.0 Å². The summed E-state index contributed by atoms with van der Waals surface area (Å²) < 4.78 is 0. The van der Waals surface area contributed by atoms with Gasteiger partial charge in [0.15, 0.2) is 0 Å². The Balaban J connectivity index is 1.90. The first kappa shape index (κ1) is 18.8. The maximum atomic E-state index is 11.9. The molecule has 0 unspecified atom stereocenters. The van der Waals surface area contributed by atoms with Crippen LogP contribution in [-0.2, 0) is 5.75 Å². The van der Waals surface area contributed by atoms with Crippen molar-refractivity contribution in [2.24, 2.45) is 4.99 Å². The Morgan fingerprint density at radius 3 is 2.84 bits per heavy atom. The van der Waals surface area contributed by atoms with E-state index >= 15 is 0 Å². The first-order chi connectivity index (χ1) is 12.0. The standard InChI is InChI=1S/C17H14ClN3O3S/c18-15-7-14(17(22)16(8-15)21(23)24)10-20-5-6-25-11-13-4-2-1-3-12(13)9-19/h1-4,7-8,10,22H,5-6,11H2/p-1. The van der Waals surface area contributed by atoms with Gasteiger partial charge in [-0.3, -0.25) is 15.1 Å². The summed E-state index contributed by atoms with van der Waals surface area (Å²) in [4.78, 5) is 14.2. The smallest absolute Gasteiger partial charge is 0.263 e. The third-order valence-corrected chi connectivity index (χ3v) is 4.45. The molecule has 0 radical (unpaired) electrons. The maximum absolute atomic E-state index is 11.9. The van der Waals surface area contributed by atoms with Crippen molar-refractivity contribution in [3.05, 3.63) is 68.2 Å². The predicted octanol–water partition coefficient (Wildman–Crippen LogP) is 3.55. The van der Waals surface area contributed by atoms with Crippen LogP contribution in [-0.4, -0.2) is 23.4 Å². The minimum Gasteiger partial charge on any atom is -0.867 e. The Morgan fingerprint density at radius 1 is 1.36 bits per heavy atom. The van der Waals surface area contributed by atoms with Gasteiger partial charge in [0.1, 0.15) is 0 Å². The number of hydrogen-bond acceptors (Lipinski definition) is 6. The Labute approximate surface area is 153 Å². The maximum Gasteiger partial charge on any atom is 0.263 e. The van der Waals surface area contributed by atoms with Crippen LogP contribution in [0.5, 0.6) is 5.75 Å². The van der Waals surface area contributed by atoms with Gasteiger partial charge in [0, 0.05) is 35.4 Å². The summed E-state index contributed by atoms with van der Waals surface area (Å²) >= 11 is 7.40. The van der Waals surface area contributed by atoms with Gasteiger partial charge in [0.25, 0.3) is 5.69 Å². The molecule has 0 heterocycles. The molecule has 0 amide bonds. The van der Waals surface area contributed by atoms with Crippen molar-refractivity contribution in [1.82, 2.24) is 0 Å². The third kappa shape index (κ3) is 5.21. The number of rotatable bonds is 7. The van der Waals surface area contributed by atoms with Crippen LogP contribution in [0.25, 0.3) is 0 Å². The average molecular weight is 375 g/mol. The Hall–Kier alpha value is -2.56. The van der Waals surface area contributed by atoms with Crippen LogP contribution in [0.1, 0.15) is 16.7 Å². The van der Waals surface area contributed by atoms with Crippen molar-refractivity contribution in [3.63, 3.8) is 0 Å². The Kier molecular flexibility index (Phi) is 6.81. The summed E-state index contributed by atoms with van der Waals surface area (Å²) in [6, 6.07) is 11.9. The fourth-order valence-corrected chi connectivity index (χ4v) is 3.12. The third-order valence-electron chi connectivity index (χ3n) is 3.25. The van der Waals surface area contributed by atoms with Crippen molar-refractivity contribution in [2.45, 2.75) is 5.75 Å².